The number of hydrogen-bond acceptors (Lipinski definition) is 3. The van der Waals surface area contributed by atoms with Crippen LogP contribution in [-0.4, -0.2) is 16.9 Å². The summed E-state index contributed by atoms with van der Waals surface area (Å²) in [5.74, 6) is -1.37. The fourth-order valence-corrected chi connectivity index (χ4v) is 1.15. The van der Waals surface area contributed by atoms with Gasteiger partial charge in [-0.2, -0.15) is 0 Å². The monoisotopic (exact) mass is 307 g/mol. The number of halogens is 2. The molecule has 0 bridgehead atoms. The van der Waals surface area contributed by atoms with Crippen LogP contribution in [0.1, 0.15) is 13.3 Å². The van der Waals surface area contributed by atoms with E-state index >= 15 is 0 Å². The fourth-order valence-electron chi connectivity index (χ4n) is 0.728. The van der Waals surface area contributed by atoms with Gasteiger partial charge in [0.1, 0.15) is 12.2 Å². The Labute approximate surface area is 107 Å². The van der Waals surface area contributed by atoms with Crippen LogP contribution >= 0.6 is 27.5 Å². The number of benzene rings is 1. The maximum absolute atomic E-state index is 9.87. The molecule has 1 aromatic carbocycles. The molecule has 0 aliphatic carbocycles. The lowest BCUT2D eigenvalue weighted by molar-refractivity contribution is -0.139. The van der Waals surface area contributed by atoms with E-state index in [-0.39, 0.29) is 12.2 Å². The molecule has 0 saturated carbocycles. The average molecular weight is 309 g/mol. The lowest BCUT2D eigenvalue weighted by Gasteiger charge is -1.95. The highest BCUT2D eigenvalue weighted by atomic mass is 79.9. The van der Waals surface area contributed by atoms with E-state index in [4.69, 9.17) is 22.4 Å². The van der Waals surface area contributed by atoms with E-state index in [2.05, 4.69) is 15.9 Å². The molecule has 4 nitrogen and oxygen atoms in total. The maximum Gasteiger partial charge on any atom is 0.310 e. The van der Waals surface area contributed by atoms with Gasteiger partial charge in [0.05, 0.1) is 0 Å². The number of carbonyl (C=O) groups excluding carboxylic acids is 1. The van der Waals surface area contributed by atoms with Gasteiger partial charge in [0.15, 0.2) is 0 Å². The first-order valence-corrected chi connectivity index (χ1v) is 5.41. The zero-order valence-corrected chi connectivity index (χ0v) is 10.9. The summed E-state index contributed by atoms with van der Waals surface area (Å²) in [4.78, 5) is 19.5. The van der Waals surface area contributed by atoms with Gasteiger partial charge in [-0.15, -0.1) is 0 Å². The van der Waals surface area contributed by atoms with Gasteiger partial charge in [0.25, 0.3) is 0 Å². The van der Waals surface area contributed by atoms with Crippen molar-refractivity contribution in [2.75, 3.05) is 5.73 Å². The third-order valence-electron chi connectivity index (χ3n) is 1.36. The minimum Gasteiger partial charge on any atom is -0.481 e. The van der Waals surface area contributed by atoms with Crippen molar-refractivity contribution in [3.8, 4) is 0 Å². The van der Waals surface area contributed by atoms with Gasteiger partial charge in [0, 0.05) is 15.2 Å². The van der Waals surface area contributed by atoms with Gasteiger partial charge >= 0.3 is 5.97 Å². The lowest BCUT2D eigenvalue weighted by atomic mass is 10.3. The summed E-state index contributed by atoms with van der Waals surface area (Å²) in [6.07, 6.45) is -0.361. The SMILES string of the molecule is CC(=O)CC(=O)O.Nc1cc(Cl)ccc1Br. The molecule has 0 aromatic heterocycles. The molecule has 0 heterocycles. The Morgan fingerprint density at radius 2 is 2.06 bits per heavy atom. The zero-order valence-electron chi connectivity index (χ0n) is 8.54. The van der Waals surface area contributed by atoms with E-state index < -0.39 is 5.97 Å². The number of Topliss-reactive ketones (excluding diaryl/α,β-unsaturated/α-hetero) is 1. The minimum absolute atomic E-state index is 0.312. The Morgan fingerprint density at radius 1 is 1.50 bits per heavy atom. The average Bonchev–Trinajstić information content (AvgIpc) is 2.10. The summed E-state index contributed by atoms with van der Waals surface area (Å²) < 4.78 is 0.881. The number of nitrogen functional groups attached to an aromatic ring is 1. The molecule has 6 heteroatoms. The first kappa shape index (κ1) is 14.9. The molecule has 0 spiro atoms. The van der Waals surface area contributed by atoms with Crippen LogP contribution in [-0.2, 0) is 9.59 Å². The summed E-state index contributed by atoms with van der Waals surface area (Å²) in [5, 5.41) is 8.53. The van der Waals surface area contributed by atoms with Crippen LogP contribution in [0.25, 0.3) is 0 Å². The minimum atomic E-state index is -1.06. The van der Waals surface area contributed by atoms with Crippen molar-refractivity contribution in [2.45, 2.75) is 13.3 Å². The Balaban J connectivity index is 0.000000293. The molecule has 0 radical (unpaired) electrons. The standard InChI is InChI=1S/C6H5BrClN.C4H6O3/c7-5-2-1-4(8)3-6(5)9;1-3(5)2-4(6)7/h1-3H,9H2;2H2,1H3,(H,6,7). The van der Waals surface area contributed by atoms with Crippen molar-refractivity contribution in [3.05, 3.63) is 27.7 Å². The van der Waals surface area contributed by atoms with Gasteiger partial charge in [0.2, 0.25) is 0 Å². The molecule has 1 rings (SSSR count). The summed E-state index contributed by atoms with van der Waals surface area (Å²) in [6.45, 7) is 1.24. The highest BCUT2D eigenvalue weighted by molar-refractivity contribution is 9.10. The highest BCUT2D eigenvalue weighted by Gasteiger charge is 1.98. The Hall–Kier alpha value is -1.07. The molecule has 0 saturated heterocycles. The molecule has 0 aliphatic heterocycles. The smallest absolute Gasteiger partial charge is 0.310 e. The van der Waals surface area contributed by atoms with E-state index in [1.54, 1.807) is 12.1 Å². The van der Waals surface area contributed by atoms with E-state index in [1.165, 1.54) is 6.92 Å². The quantitative estimate of drug-likeness (QED) is 0.650. The molecule has 3 N–H and O–H groups in total. The second kappa shape index (κ2) is 7.24. The predicted molar refractivity (Wildman–Crippen MR) is 66.5 cm³/mol. The number of carboxylic acids is 1. The summed E-state index contributed by atoms with van der Waals surface area (Å²) >= 11 is 8.86. The summed E-state index contributed by atoms with van der Waals surface area (Å²) in [7, 11) is 0. The van der Waals surface area contributed by atoms with Gasteiger partial charge in [-0.05, 0) is 41.1 Å². The van der Waals surface area contributed by atoms with Crippen molar-refractivity contribution in [2.24, 2.45) is 0 Å². The van der Waals surface area contributed by atoms with Crippen LogP contribution in [0.2, 0.25) is 5.02 Å². The third kappa shape index (κ3) is 7.25. The number of carboxylic acid groups (broad SMARTS) is 1. The van der Waals surface area contributed by atoms with Crippen LogP contribution in [0.15, 0.2) is 22.7 Å². The number of hydrogen-bond donors (Lipinski definition) is 2. The molecule has 0 amide bonds. The second-order valence-corrected chi connectivity index (χ2v) is 4.23. The lowest BCUT2D eigenvalue weighted by Crippen LogP contribution is -2.00. The van der Waals surface area contributed by atoms with Crippen LogP contribution < -0.4 is 5.73 Å². The normalized spacial score (nSPS) is 8.94. The Kier molecular flexibility index (Phi) is 6.76. The summed E-state index contributed by atoms with van der Waals surface area (Å²) in [5.41, 5.74) is 6.16. The predicted octanol–water partition coefficient (Wildman–Crippen LogP) is 2.73. The number of ketones is 1. The molecule has 0 aliphatic rings. The molecule has 1 aromatic rings. The zero-order chi connectivity index (χ0) is 12.7. The van der Waals surface area contributed by atoms with Crippen molar-refractivity contribution in [3.63, 3.8) is 0 Å². The van der Waals surface area contributed by atoms with Gasteiger partial charge in [-0.3, -0.25) is 9.59 Å². The number of nitrogens with two attached hydrogens (primary N) is 1. The van der Waals surface area contributed by atoms with Crippen LogP contribution in [0.5, 0.6) is 0 Å². The summed E-state index contributed by atoms with van der Waals surface area (Å²) in [6, 6.07) is 5.30. The second-order valence-electron chi connectivity index (χ2n) is 2.94. The molecular formula is C10H11BrClNO3. The number of anilines is 1. The molecule has 16 heavy (non-hydrogen) atoms. The van der Waals surface area contributed by atoms with Gasteiger partial charge < -0.3 is 10.8 Å². The largest absolute Gasteiger partial charge is 0.481 e. The number of aliphatic carboxylic acids is 1. The first-order chi connectivity index (χ1) is 7.32. The van der Waals surface area contributed by atoms with E-state index in [1.807, 2.05) is 6.07 Å². The number of carbonyl (C=O) groups is 2. The van der Waals surface area contributed by atoms with Gasteiger partial charge in [-0.25, -0.2) is 0 Å². The van der Waals surface area contributed by atoms with E-state index in [9.17, 15) is 9.59 Å². The fraction of sp³-hybridized carbons (Fsp3) is 0.200. The highest BCUT2D eigenvalue weighted by Crippen LogP contribution is 2.22. The molecule has 0 atom stereocenters. The third-order valence-corrected chi connectivity index (χ3v) is 2.32. The molecule has 88 valence electrons. The molecule has 0 unspecified atom stereocenters. The molecule has 0 fully saturated rings. The van der Waals surface area contributed by atoms with Crippen molar-refractivity contribution < 1.29 is 14.7 Å². The Morgan fingerprint density at radius 3 is 2.31 bits per heavy atom. The van der Waals surface area contributed by atoms with Crippen LogP contribution in [0.4, 0.5) is 5.69 Å². The van der Waals surface area contributed by atoms with Crippen molar-refractivity contribution >= 4 is 45.0 Å². The van der Waals surface area contributed by atoms with Crippen LogP contribution in [0.3, 0.4) is 0 Å². The topological polar surface area (TPSA) is 80.4 Å². The first-order valence-electron chi connectivity index (χ1n) is 4.24. The molecular weight excluding hydrogens is 297 g/mol. The van der Waals surface area contributed by atoms with Gasteiger partial charge in [-0.1, -0.05) is 11.6 Å². The number of rotatable bonds is 2. The maximum atomic E-state index is 9.87. The van der Waals surface area contributed by atoms with E-state index in [0.717, 1.165) is 4.47 Å². The van der Waals surface area contributed by atoms with Crippen LogP contribution in [0, 0.1) is 0 Å². The Bertz CT molecular complexity index is 384. The van der Waals surface area contributed by atoms with Crippen molar-refractivity contribution in [1.29, 1.82) is 0 Å². The van der Waals surface area contributed by atoms with E-state index in [0.29, 0.717) is 10.7 Å². The van der Waals surface area contributed by atoms with Crippen molar-refractivity contribution in [1.82, 2.24) is 0 Å².